The van der Waals surface area contributed by atoms with Crippen molar-refractivity contribution in [3.05, 3.63) is 0 Å². The fourth-order valence-corrected chi connectivity index (χ4v) is 3.14. The lowest BCUT2D eigenvalue weighted by Crippen LogP contribution is -2.49. The number of carboxylic acids is 1. The molecule has 0 amide bonds. The van der Waals surface area contributed by atoms with E-state index >= 15 is 0 Å². The van der Waals surface area contributed by atoms with Crippen LogP contribution in [0.4, 0.5) is 0 Å². The van der Waals surface area contributed by atoms with Gasteiger partial charge >= 0.3 is 5.97 Å². The van der Waals surface area contributed by atoms with Gasteiger partial charge in [-0.05, 0) is 32.1 Å². The second-order valence-corrected chi connectivity index (χ2v) is 5.56. The summed E-state index contributed by atoms with van der Waals surface area (Å²) in [5.41, 5.74) is 4.94. The van der Waals surface area contributed by atoms with Crippen molar-refractivity contribution >= 4 is 5.97 Å². The number of ether oxygens (including phenoxy) is 1. The van der Waals surface area contributed by atoms with Crippen LogP contribution in [0.1, 0.15) is 46.0 Å². The molecule has 3 N–H and O–H groups in total. The van der Waals surface area contributed by atoms with Crippen molar-refractivity contribution in [3.63, 3.8) is 0 Å². The van der Waals surface area contributed by atoms with Gasteiger partial charge in [0, 0.05) is 25.7 Å². The molecule has 1 fully saturated rings. The monoisotopic (exact) mass is 272 g/mol. The summed E-state index contributed by atoms with van der Waals surface area (Å²) in [6, 6.07) is 0.748. The number of carbonyl (C=O) groups is 1. The summed E-state index contributed by atoms with van der Waals surface area (Å²) in [6.45, 7) is 5.88. The second kappa shape index (κ2) is 7.22. The summed E-state index contributed by atoms with van der Waals surface area (Å²) < 4.78 is 5.18. The second-order valence-electron chi connectivity index (χ2n) is 5.56. The van der Waals surface area contributed by atoms with Gasteiger partial charge in [0.15, 0.2) is 0 Å². The topological polar surface area (TPSA) is 75.8 Å². The van der Waals surface area contributed by atoms with Crippen molar-refractivity contribution in [1.82, 2.24) is 4.90 Å². The van der Waals surface area contributed by atoms with Gasteiger partial charge in [-0.15, -0.1) is 0 Å². The zero-order valence-corrected chi connectivity index (χ0v) is 12.4. The molecule has 0 aliphatic heterocycles. The van der Waals surface area contributed by atoms with Crippen LogP contribution in [0.15, 0.2) is 0 Å². The van der Waals surface area contributed by atoms with Crippen LogP contribution in [0.2, 0.25) is 0 Å². The highest BCUT2D eigenvalue weighted by Crippen LogP contribution is 2.33. The van der Waals surface area contributed by atoms with E-state index in [1.165, 1.54) is 0 Å². The van der Waals surface area contributed by atoms with E-state index in [9.17, 15) is 9.90 Å². The Labute approximate surface area is 116 Å². The first-order chi connectivity index (χ1) is 8.98. The number of hydrogen-bond acceptors (Lipinski definition) is 4. The molecular formula is C14H28N2O3. The average molecular weight is 272 g/mol. The minimum absolute atomic E-state index is 0.265. The molecule has 1 aliphatic carbocycles. The number of methoxy groups -OCH3 is 1. The first-order valence-electron chi connectivity index (χ1n) is 7.25. The molecule has 1 rings (SSSR count). The molecule has 19 heavy (non-hydrogen) atoms. The predicted octanol–water partition coefficient (Wildman–Crippen LogP) is 1.46. The standard InChI is InChI=1S/C14H28N2O3/c1-4-11(5-2)16(8-9-19-3)12-6-7-14(15,10-12)13(17)18/h11-12H,4-10,15H2,1-3H3,(H,17,18). The Kier molecular flexibility index (Phi) is 6.23. The van der Waals surface area contributed by atoms with E-state index in [1.807, 2.05) is 0 Å². The Bertz CT molecular complexity index is 294. The fourth-order valence-electron chi connectivity index (χ4n) is 3.14. The van der Waals surface area contributed by atoms with Gasteiger partial charge in [-0.2, -0.15) is 0 Å². The Morgan fingerprint density at radius 1 is 1.53 bits per heavy atom. The van der Waals surface area contributed by atoms with Crippen molar-refractivity contribution in [2.45, 2.75) is 63.6 Å². The van der Waals surface area contributed by atoms with E-state index in [0.29, 0.717) is 25.5 Å². The number of carboxylic acid groups (broad SMARTS) is 1. The van der Waals surface area contributed by atoms with Gasteiger partial charge in [-0.25, -0.2) is 0 Å². The molecule has 1 aliphatic rings. The van der Waals surface area contributed by atoms with Crippen molar-refractivity contribution in [2.75, 3.05) is 20.3 Å². The molecular weight excluding hydrogens is 244 g/mol. The van der Waals surface area contributed by atoms with Crippen LogP contribution in [0.3, 0.4) is 0 Å². The van der Waals surface area contributed by atoms with Crippen LogP contribution < -0.4 is 5.73 Å². The average Bonchev–Trinajstić information content (AvgIpc) is 2.78. The maximum atomic E-state index is 11.2. The molecule has 0 aromatic rings. The number of nitrogens with zero attached hydrogens (tertiary/aromatic N) is 1. The summed E-state index contributed by atoms with van der Waals surface area (Å²) in [7, 11) is 1.70. The summed E-state index contributed by atoms with van der Waals surface area (Å²) in [4.78, 5) is 13.7. The van der Waals surface area contributed by atoms with E-state index in [0.717, 1.165) is 25.8 Å². The lowest BCUT2D eigenvalue weighted by Gasteiger charge is -2.36. The van der Waals surface area contributed by atoms with Gasteiger partial charge in [0.25, 0.3) is 0 Å². The third kappa shape index (κ3) is 3.91. The summed E-state index contributed by atoms with van der Waals surface area (Å²) in [6.07, 6.45) is 4.12. The quantitative estimate of drug-likeness (QED) is 0.699. The Hall–Kier alpha value is -0.650. The first kappa shape index (κ1) is 16.4. The Morgan fingerprint density at radius 2 is 2.16 bits per heavy atom. The van der Waals surface area contributed by atoms with Gasteiger partial charge in [0.2, 0.25) is 0 Å². The van der Waals surface area contributed by atoms with E-state index in [-0.39, 0.29) is 6.04 Å². The fraction of sp³-hybridized carbons (Fsp3) is 0.929. The van der Waals surface area contributed by atoms with Crippen molar-refractivity contribution in [2.24, 2.45) is 5.73 Å². The number of hydrogen-bond donors (Lipinski definition) is 2. The van der Waals surface area contributed by atoms with Crippen molar-refractivity contribution in [3.8, 4) is 0 Å². The highest BCUT2D eigenvalue weighted by atomic mass is 16.5. The van der Waals surface area contributed by atoms with Gasteiger partial charge in [0.05, 0.1) is 6.61 Å². The van der Waals surface area contributed by atoms with Crippen LogP contribution in [0.25, 0.3) is 0 Å². The highest BCUT2D eigenvalue weighted by molar-refractivity contribution is 5.79. The maximum absolute atomic E-state index is 11.2. The Balaban J connectivity index is 2.73. The van der Waals surface area contributed by atoms with Gasteiger partial charge < -0.3 is 15.6 Å². The van der Waals surface area contributed by atoms with Crippen LogP contribution in [0.5, 0.6) is 0 Å². The maximum Gasteiger partial charge on any atom is 0.323 e. The molecule has 2 atom stereocenters. The summed E-state index contributed by atoms with van der Waals surface area (Å²) in [5.74, 6) is -0.869. The van der Waals surface area contributed by atoms with Gasteiger partial charge in [-0.1, -0.05) is 13.8 Å². The van der Waals surface area contributed by atoms with E-state index in [2.05, 4.69) is 18.7 Å². The minimum atomic E-state index is -1.04. The highest BCUT2D eigenvalue weighted by Gasteiger charge is 2.44. The van der Waals surface area contributed by atoms with E-state index in [1.54, 1.807) is 7.11 Å². The van der Waals surface area contributed by atoms with Crippen molar-refractivity contribution < 1.29 is 14.6 Å². The van der Waals surface area contributed by atoms with Crippen LogP contribution in [-0.4, -0.2) is 53.9 Å². The number of rotatable bonds is 8. The van der Waals surface area contributed by atoms with Crippen LogP contribution >= 0.6 is 0 Å². The molecule has 5 nitrogen and oxygen atoms in total. The molecule has 0 aromatic heterocycles. The molecule has 0 saturated heterocycles. The third-order valence-electron chi connectivity index (χ3n) is 4.38. The van der Waals surface area contributed by atoms with Crippen LogP contribution in [-0.2, 0) is 9.53 Å². The molecule has 2 unspecified atom stereocenters. The lowest BCUT2D eigenvalue weighted by atomic mass is 9.98. The first-order valence-corrected chi connectivity index (χ1v) is 7.25. The molecule has 1 saturated carbocycles. The molecule has 0 spiro atoms. The summed E-state index contributed by atoms with van der Waals surface area (Å²) in [5, 5.41) is 9.23. The summed E-state index contributed by atoms with van der Waals surface area (Å²) >= 11 is 0. The minimum Gasteiger partial charge on any atom is -0.480 e. The third-order valence-corrected chi connectivity index (χ3v) is 4.38. The van der Waals surface area contributed by atoms with Crippen molar-refractivity contribution in [1.29, 1.82) is 0 Å². The molecule has 0 radical (unpaired) electrons. The largest absolute Gasteiger partial charge is 0.480 e. The zero-order valence-electron chi connectivity index (χ0n) is 12.4. The van der Waals surface area contributed by atoms with E-state index in [4.69, 9.17) is 10.5 Å². The normalized spacial score (nSPS) is 27.4. The van der Waals surface area contributed by atoms with Crippen LogP contribution in [0, 0.1) is 0 Å². The van der Waals surface area contributed by atoms with Gasteiger partial charge in [-0.3, -0.25) is 9.69 Å². The Morgan fingerprint density at radius 3 is 2.58 bits per heavy atom. The van der Waals surface area contributed by atoms with Gasteiger partial charge in [0.1, 0.15) is 5.54 Å². The molecule has 0 heterocycles. The lowest BCUT2D eigenvalue weighted by molar-refractivity contribution is -0.143. The molecule has 5 heteroatoms. The SMILES string of the molecule is CCC(CC)N(CCOC)C1CCC(N)(C(=O)O)C1. The predicted molar refractivity (Wildman–Crippen MR) is 75.1 cm³/mol. The number of nitrogens with two attached hydrogens (primary N) is 1. The van der Waals surface area contributed by atoms with E-state index < -0.39 is 11.5 Å². The number of aliphatic carboxylic acids is 1. The zero-order chi connectivity index (χ0) is 14.5. The molecule has 0 aromatic carbocycles. The molecule has 112 valence electrons. The smallest absolute Gasteiger partial charge is 0.323 e. The molecule has 0 bridgehead atoms.